The van der Waals surface area contributed by atoms with E-state index in [9.17, 15) is 14.0 Å². The summed E-state index contributed by atoms with van der Waals surface area (Å²) in [4.78, 5) is 31.5. The highest BCUT2D eigenvalue weighted by atomic mass is 19.1. The van der Waals surface area contributed by atoms with Gasteiger partial charge in [0.25, 0.3) is 11.8 Å². The van der Waals surface area contributed by atoms with E-state index in [-0.39, 0.29) is 29.6 Å². The zero-order valence-corrected chi connectivity index (χ0v) is 17.1. The highest BCUT2D eigenvalue weighted by molar-refractivity contribution is 5.99. The molecule has 0 bridgehead atoms. The molecular weight excluding hydrogens is 397 g/mol. The van der Waals surface area contributed by atoms with Crippen molar-refractivity contribution in [1.82, 2.24) is 24.3 Å². The van der Waals surface area contributed by atoms with Gasteiger partial charge in [-0.1, -0.05) is 18.2 Å². The maximum Gasteiger partial charge on any atom is 0.272 e. The van der Waals surface area contributed by atoms with Crippen LogP contribution in [0.15, 0.2) is 55.0 Å². The monoisotopic (exact) mass is 417 g/mol. The summed E-state index contributed by atoms with van der Waals surface area (Å²) in [6.07, 6.45) is 3.50. The second-order valence-corrected chi connectivity index (χ2v) is 7.70. The molecule has 0 aliphatic carbocycles. The first-order valence-corrected chi connectivity index (χ1v) is 9.87. The van der Waals surface area contributed by atoms with Crippen molar-refractivity contribution in [2.45, 2.75) is 13.1 Å². The maximum absolute atomic E-state index is 13.8. The van der Waals surface area contributed by atoms with Gasteiger partial charge < -0.3 is 14.8 Å². The Hall–Kier alpha value is -3.94. The van der Waals surface area contributed by atoms with Crippen molar-refractivity contribution in [3.8, 4) is 5.69 Å². The summed E-state index contributed by atoms with van der Waals surface area (Å²) in [6.45, 7) is 0.537. The zero-order chi connectivity index (χ0) is 21.7. The molecule has 31 heavy (non-hydrogen) atoms. The number of carbonyl (C=O) groups excluding carboxylic acids is 2. The van der Waals surface area contributed by atoms with Gasteiger partial charge in [-0.25, -0.2) is 9.37 Å². The number of rotatable bonds is 3. The molecule has 4 aromatic rings. The summed E-state index contributed by atoms with van der Waals surface area (Å²) < 4.78 is 17.5. The standard InChI is InChI=1S/C23H20FN5O2/c1-27-11-14(16-5-3-4-6-18(16)27)10-25-22(30)21-20-12-28(2)23(31)17-9-15(24)7-8-19(17)29(20)13-26-21/h3-9,11,13H,10,12H2,1-2H3,(H,25,30). The predicted octanol–water partition coefficient (Wildman–Crippen LogP) is 3.02. The van der Waals surface area contributed by atoms with E-state index in [1.54, 1.807) is 11.6 Å². The molecule has 0 unspecified atom stereocenters. The zero-order valence-electron chi connectivity index (χ0n) is 17.1. The Kier molecular flexibility index (Phi) is 4.35. The summed E-state index contributed by atoms with van der Waals surface area (Å²) in [5.41, 5.74) is 3.66. The second-order valence-electron chi connectivity index (χ2n) is 7.70. The van der Waals surface area contributed by atoms with E-state index < -0.39 is 5.82 Å². The third kappa shape index (κ3) is 3.07. The summed E-state index contributed by atoms with van der Waals surface area (Å²) in [5, 5.41) is 4.02. The van der Waals surface area contributed by atoms with Gasteiger partial charge in [0.05, 0.1) is 23.5 Å². The Labute approximate surface area is 177 Å². The number of para-hydroxylation sites is 1. The van der Waals surface area contributed by atoms with Crippen molar-refractivity contribution in [3.63, 3.8) is 0 Å². The Bertz CT molecular complexity index is 1350. The van der Waals surface area contributed by atoms with Crippen molar-refractivity contribution in [2.75, 3.05) is 7.05 Å². The highest BCUT2D eigenvalue weighted by Gasteiger charge is 2.28. The lowest BCUT2D eigenvalue weighted by Gasteiger charge is -2.14. The molecule has 2 aromatic heterocycles. The molecule has 0 spiro atoms. The number of carbonyl (C=O) groups is 2. The number of benzene rings is 2. The van der Waals surface area contributed by atoms with Crippen LogP contribution in [0.4, 0.5) is 4.39 Å². The minimum atomic E-state index is -0.489. The number of fused-ring (bicyclic) bond motifs is 4. The van der Waals surface area contributed by atoms with Crippen LogP contribution >= 0.6 is 0 Å². The molecule has 7 nitrogen and oxygen atoms in total. The molecule has 0 fully saturated rings. The maximum atomic E-state index is 13.8. The van der Waals surface area contributed by atoms with Crippen molar-refractivity contribution >= 4 is 22.7 Å². The SMILES string of the molecule is CN1Cc2c(C(=O)NCc3cn(C)c4ccccc34)ncn2-c2ccc(F)cc2C1=O. The number of nitrogens with zero attached hydrogens (tertiary/aromatic N) is 4. The Morgan fingerprint density at radius 3 is 2.84 bits per heavy atom. The summed E-state index contributed by atoms with van der Waals surface area (Å²) in [5.74, 6) is -1.12. The van der Waals surface area contributed by atoms with Crippen LogP contribution in [0.2, 0.25) is 0 Å². The van der Waals surface area contributed by atoms with Crippen LogP contribution in [0.25, 0.3) is 16.6 Å². The lowest BCUT2D eigenvalue weighted by Crippen LogP contribution is -2.28. The Morgan fingerprint density at radius 2 is 2.00 bits per heavy atom. The smallest absolute Gasteiger partial charge is 0.272 e. The molecule has 0 saturated heterocycles. The van der Waals surface area contributed by atoms with E-state index in [1.165, 1.54) is 29.4 Å². The molecule has 2 amide bonds. The van der Waals surface area contributed by atoms with Gasteiger partial charge in [0.15, 0.2) is 5.69 Å². The molecule has 2 aromatic carbocycles. The average Bonchev–Trinajstić information content (AvgIpc) is 3.30. The number of hydrogen-bond donors (Lipinski definition) is 1. The molecule has 0 saturated carbocycles. The van der Waals surface area contributed by atoms with Gasteiger partial charge in [-0.3, -0.25) is 14.2 Å². The molecule has 1 N–H and O–H groups in total. The van der Waals surface area contributed by atoms with Gasteiger partial charge in [-0.2, -0.15) is 0 Å². The first-order chi connectivity index (χ1) is 14.9. The van der Waals surface area contributed by atoms with Crippen molar-refractivity contribution in [2.24, 2.45) is 7.05 Å². The number of aryl methyl sites for hydroxylation is 1. The van der Waals surface area contributed by atoms with Crippen LogP contribution in [0.5, 0.6) is 0 Å². The molecule has 0 radical (unpaired) electrons. The van der Waals surface area contributed by atoms with Gasteiger partial charge in [0.2, 0.25) is 0 Å². The molecule has 0 atom stereocenters. The summed E-state index contributed by atoms with van der Waals surface area (Å²) >= 11 is 0. The van der Waals surface area contributed by atoms with E-state index >= 15 is 0 Å². The Balaban J connectivity index is 1.47. The molecule has 5 rings (SSSR count). The number of aromatic nitrogens is 3. The first kappa shape index (κ1) is 19.0. The number of nitrogens with one attached hydrogen (secondary N) is 1. The highest BCUT2D eigenvalue weighted by Crippen LogP contribution is 2.26. The number of hydrogen-bond acceptors (Lipinski definition) is 3. The quantitative estimate of drug-likeness (QED) is 0.557. The van der Waals surface area contributed by atoms with Crippen LogP contribution in [0.1, 0.15) is 32.1 Å². The molecule has 1 aliphatic rings. The van der Waals surface area contributed by atoms with Gasteiger partial charge in [-0.15, -0.1) is 0 Å². The summed E-state index contributed by atoms with van der Waals surface area (Å²) in [6, 6.07) is 12.0. The van der Waals surface area contributed by atoms with Crippen LogP contribution < -0.4 is 5.32 Å². The fourth-order valence-corrected chi connectivity index (χ4v) is 4.14. The van der Waals surface area contributed by atoms with E-state index in [0.29, 0.717) is 17.9 Å². The number of amides is 2. The largest absolute Gasteiger partial charge is 0.350 e. The summed E-state index contributed by atoms with van der Waals surface area (Å²) in [7, 11) is 3.59. The number of imidazole rings is 1. The third-order valence-electron chi connectivity index (χ3n) is 5.68. The van der Waals surface area contributed by atoms with Crippen molar-refractivity contribution < 1.29 is 14.0 Å². The first-order valence-electron chi connectivity index (χ1n) is 9.87. The van der Waals surface area contributed by atoms with Crippen molar-refractivity contribution in [1.29, 1.82) is 0 Å². The Morgan fingerprint density at radius 1 is 1.19 bits per heavy atom. The topological polar surface area (TPSA) is 72.2 Å². The fraction of sp³-hybridized carbons (Fsp3) is 0.174. The van der Waals surface area contributed by atoms with E-state index in [2.05, 4.69) is 10.3 Å². The van der Waals surface area contributed by atoms with Gasteiger partial charge in [-0.05, 0) is 29.8 Å². The minimum absolute atomic E-state index is 0.187. The van der Waals surface area contributed by atoms with Gasteiger partial charge in [0.1, 0.15) is 12.1 Å². The van der Waals surface area contributed by atoms with Gasteiger partial charge >= 0.3 is 0 Å². The molecule has 3 heterocycles. The lowest BCUT2D eigenvalue weighted by atomic mass is 10.1. The normalized spacial score (nSPS) is 13.1. The van der Waals surface area contributed by atoms with Crippen LogP contribution in [0.3, 0.4) is 0 Å². The lowest BCUT2D eigenvalue weighted by molar-refractivity contribution is 0.0784. The fourth-order valence-electron chi connectivity index (χ4n) is 4.14. The second kappa shape index (κ2) is 7.09. The molecular formula is C23H20FN5O2. The average molecular weight is 417 g/mol. The van der Waals surface area contributed by atoms with E-state index in [0.717, 1.165) is 16.5 Å². The number of halogens is 1. The molecule has 156 valence electrons. The van der Waals surface area contributed by atoms with E-state index in [4.69, 9.17) is 0 Å². The van der Waals surface area contributed by atoms with E-state index in [1.807, 2.05) is 42.1 Å². The molecule has 1 aliphatic heterocycles. The van der Waals surface area contributed by atoms with Gasteiger partial charge in [0, 0.05) is 37.7 Å². The molecule has 8 heteroatoms. The third-order valence-corrected chi connectivity index (χ3v) is 5.68. The van der Waals surface area contributed by atoms with Crippen LogP contribution in [0, 0.1) is 5.82 Å². The predicted molar refractivity (Wildman–Crippen MR) is 113 cm³/mol. The minimum Gasteiger partial charge on any atom is -0.350 e. The van der Waals surface area contributed by atoms with Crippen LogP contribution in [-0.2, 0) is 20.1 Å². The van der Waals surface area contributed by atoms with Crippen molar-refractivity contribution in [3.05, 3.63) is 83.3 Å². The van der Waals surface area contributed by atoms with Crippen LogP contribution in [-0.4, -0.2) is 37.9 Å².